The molecule has 0 saturated heterocycles. The van der Waals surface area contributed by atoms with Gasteiger partial charge in [-0.3, -0.25) is 4.79 Å². The Morgan fingerprint density at radius 3 is 2.78 bits per heavy atom. The molecule has 3 N–H and O–H groups in total. The summed E-state index contributed by atoms with van der Waals surface area (Å²) >= 11 is 1.49. The second kappa shape index (κ2) is 9.01. The second-order valence-corrected chi connectivity index (χ2v) is 6.62. The average Bonchev–Trinajstić information content (AvgIpc) is 2.91. The van der Waals surface area contributed by atoms with Crippen molar-refractivity contribution in [1.82, 2.24) is 10.3 Å². The lowest BCUT2D eigenvalue weighted by atomic mass is 10.00. The standard InChI is InChI=1S/C17H23N3OS.ClH/c1-11-4-5-14(12(2)8-11)9-13(3)19-17(21)15-10-22-16(20-15)6-7-18;/h4-5,8,10,13H,6-7,9,18H2,1-3H3,(H,19,21);1H. The Morgan fingerprint density at radius 1 is 1.39 bits per heavy atom. The zero-order chi connectivity index (χ0) is 16.1. The Balaban J connectivity index is 0.00000264. The van der Waals surface area contributed by atoms with Gasteiger partial charge < -0.3 is 11.1 Å². The van der Waals surface area contributed by atoms with E-state index in [1.54, 1.807) is 5.38 Å². The molecule has 0 bridgehead atoms. The number of nitrogens with one attached hydrogen (secondary N) is 1. The number of rotatable bonds is 6. The fourth-order valence-electron chi connectivity index (χ4n) is 2.41. The van der Waals surface area contributed by atoms with Crippen LogP contribution in [0.15, 0.2) is 23.6 Å². The monoisotopic (exact) mass is 353 g/mol. The number of carbonyl (C=O) groups excluding carboxylic acids is 1. The fraction of sp³-hybridized carbons (Fsp3) is 0.412. The highest BCUT2D eigenvalue weighted by Crippen LogP contribution is 2.14. The number of aryl methyl sites for hydroxylation is 2. The molecule has 0 aliphatic rings. The number of nitrogens with zero attached hydrogens (tertiary/aromatic N) is 1. The molecule has 126 valence electrons. The van der Waals surface area contributed by atoms with Crippen LogP contribution in [0.1, 0.15) is 39.1 Å². The van der Waals surface area contributed by atoms with Crippen molar-refractivity contribution in [1.29, 1.82) is 0 Å². The van der Waals surface area contributed by atoms with Crippen LogP contribution in [-0.2, 0) is 12.8 Å². The van der Waals surface area contributed by atoms with Gasteiger partial charge in [-0.25, -0.2) is 4.98 Å². The van der Waals surface area contributed by atoms with Crippen molar-refractivity contribution in [3.05, 3.63) is 51.0 Å². The smallest absolute Gasteiger partial charge is 0.270 e. The molecule has 1 aromatic carbocycles. The molecule has 0 radical (unpaired) electrons. The molecule has 0 saturated carbocycles. The summed E-state index contributed by atoms with van der Waals surface area (Å²) in [4.78, 5) is 16.5. The highest BCUT2D eigenvalue weighted by molar-refractivity contribution is 7.09. The first-order valence-electron chi connectivity index (χ1n) is 7.51. The minimum Gasteiger partial charge on any atom is -0.348 e. The maximum Gasteiger partial charge on any atom is 0.270 e. The predicted octanol–water partition coefficient (Wildman–Crippen LogP) is 3.04. The molecule has 0 aliphatic carbocycles. The van der Waals surface area contributed by atoms with Crippen LogP contribution in [0.4, 0.5) is 0 Å². The number of halogens is 1. The largest absolute Gasteiger partial charge is 0.348 e. The molecule has 0 fully saturated rings. The van der Waals surface area contributed by atoms with E-state index in [9.17, 15) is 4.79 Å². The first kappa shape index (κ1) is 19.6. The predicted molar refractivity (Wildman–Crippen MR) is 98.7 cm³/mol. The van der Waals surface area contributed by atoms with Gasteiger partial charge in [0.1, 0.15) is 5.69 Å². The number of thiazole rings is 1. The van der Waals surface area contributed by atoms with Gasteiger partial charge in [0.25, 0.3) is 5.91 Å². The van der Waals surface area contributed by atoms with Gasteiger partial charge in [-0.2, -0.15) is 0 Å². The van der Waals surface area contributed by atoms with Crippen molar-refractivity contribution in [2.24, 2.45) is 5.73 Å². The first-order valence-corrected chi connectivity index (χ1v) is 8.39. The molecular formula is C17H24ClN3OS. The maximum atomic E-state index is 12.2. The summed E-state index contributed by atoms with van der Waals surface area (Å²) in [5.74, 6) is -0.114. The van der Waals surface area contributed by atoms with Crippen molar-refractivity contribution < 1.29 is 4.79 Å². The molecule has 0 spiro atoms. The summed E-state index contributed by atoms with van der Waals surface area (Å²) in [6, 6.07) is 6.48. The quantitative estimate of drug-likeness (QED) is 0.838. The third kappa shape index (κ3) is 5.61. The number of hydrogen-bond donors (Lipinski definition) is 2. The van der Waals surface area contributed by atoms with Gasteiger partial charge in [0, 0.05) is 17.8 Å². The van der Waals surface area contributed by atoms with E-state index in [0.29, 0.717) is 12.2 Å². The van der Waals surface area contributed by atoms with E-state index in [0.717, 1.165) is 17.8 Å². The van der Waals surface area contributed by atoms with Crippen LogP contribution >= 0.6 is 23.7 Å². The molecule has 1 unspecified atom stereocenters. The molecule has 1 atom stereocenters. The minimum atomic E-state index is -0.114. The Morgan fingerprint density at radius 2 is 2.13 bits per heavy atom. The van der Waals surface area contributed by atoms with E-state index in [4.69, 9.17) is 5.73 Å². The highest BCUT2D eigenvalue weighted by Gasteiger charge is 2.14. The zero-order valence-electron chi connectivity index (χ0n) is 13.8. The van der Waals surface area contributed by atoms with Gasteiger partial charge in [-0.05, 0) is 44.9 Å². The second-order valence-electron chi connectivity index (χ2n) is 5.67. The van der Waals surface area contributed by atoms with Crippen LogP contribution in [0.5, 0.6) is 0 Å². The number of carbonyl (C=O) groups is 1. The molecule has 1 amide bonds. The van der Waals surface area contributed by atoms with Crippen molar-refractivity contribution in [2.45, 2.75) is 39.7 Å². The van der Waals surface area contributed by atoms with Gasteiger partial charge in [0.05, 0.1) is 5.01 Å². The number of nitrogens with two attached hydrogens (primary N) is 1. The summed E-state index contributed by atoms with van der Waals surface area (Å²) in [6.07, 6.45) is 1.54. The summed E-state index contributed by atoms with van der Waals surface area (Å²) in [6.45, 7) is 6.77. The van der Waals surface area contributed by atoms with E-state index < -0.39 is 0 Å². The molecule has 6 heteroatoms. The van der Waals surface area contributed by atoms with Crippen LogP contribution in [0.3, 0.4) is 0 Å². The Hall–Kier alpha value is -1.43. The van der Waals surface area contributed by atoms with E-state index in [2.05, 4.69) is 42.3 Å². The number of hydrogen-bond acceptors (Lipinski definition) is 4. The van der Waals surface area contributed by atoms with Crippen LogP contribution in [0, 0.1) is 13.8 Å². The molecule has 2 aromatic rings. The van der Waals surface area contributed by atoms with Crippen LogP contribution in [0.2, 0.25) is 0 Å². The lowest BCUT2D eigenvalue weighted by Crippen LogP contribution is -2.34. The van der Waals surface area contributed by atoms with Crippen LogP contribution in [-0.4, -0.2) is 23.5 Å². The lowest BCUT2D eigenvalue weighted by molar-refractivity contribution is 0.0935. The van der Waals surface area contributed by atoms with E-state index in [-0.39, 0.29) is 24.4 Å². The third-order valence-corrected chi connectivity index (χ3v) is 4.45. The third-order valence-electron chi connectivity index (χ3n) is 3.54. The minimum absolute atomic E-state index is 0. The normalized spacial score (nSPS) is 11.7. The molecule has 1 heterocycles. The molecule has 4 nitrogen and oxygen atoms in total. The van der Waals surface area contributed by atoms with Gasteiger partial charge >= 0.3 is 0 Å². The van der Waals surface area contributed by atoms with Crippen molar-refractivity contribution in [2.75, 3.05) is 6.54 Å². The van der Waals surface area contributed by atoms with Gasteiger partial charge in [-0.15, -0.1) is 23.7 Å². The fourth-order valence-corrected chi connectivity index (χ4v) is 3.20. The van der Waals surface area contributed by atoms with E-state index in [1.807, 2.05) is 6.92 Å². The van der Waals surface area contributed by atoms with Crippen molar-refractivity contribution in [3.8, 4) is 0 Å². The molecular weight excluding hydrogens is 330 g/mol. The van der Waals surface area contributed by atoms with Gasteiger partial charge in [-0.1, -0.05) is 23.8 Å². The summed E-state index contributed by atoms with van der Waals surface area (Å²) in [5.41, 5.74) is 9.78. The zero-order valence-corrected chi connectivity index (χ0v) is 15.4. The maximum absolute atomic E-state index is 12.2. The molecule has 1 aromatic heterocycles. The van der Waals surface area contributed by atoms with E-state index >= 15 is 0 Å². The SMILES string of the molecule is Cc1ccc(CC(C)NC(=O)c2csc(CCN)n2)c(C)c1.Cl. The topological polar surface area (TPSA) is 68.0 Å². The van der Waals surface area contributed by atoms with Crippen molar-refractivity contribution in [3.63, 3.8) is 0 Å². The summed E-state index contributed by atoms with van der Waals surface area (Å²) in [5, 5.41) is 5.72. The van der Waals surface area contributed by atoms with Crippen molar-refractivity contribution >= 4 is 29.7 Å². The van der Waals surface area contributed by atoms with Gasteiger partial charge in [0.2, 0.25) is 0 Å². The van der Waals surface area contributed by atoms with Crippen LogP contribution in [0.25, 0.3) is 0 Å². The van der Waals surface area contributed by atoms with Gasteiger partial charge in [0.15, 0.2) is 0 Å². The number of amides is 1. The Labute approximate surface area is 147 Å². The van der Waals surface area contributed by atoms with E-state index in [1.165, 1.54) is 28.0 Å². The molecule has 23 heavy (non-hydrogen) atoms. The van der Waals surface area contributed by atoms with Crippen LogP contribution < -0.4 is 11.1 Å². The summed E-state index contributed by atoms with van der Waals surface area (Å²) < 4.78 is 0. The lowest BCUT2D eigenvalue weighted by Gasteiger charge is -2.15. The first-order chi connectivity index (χ1) is 10.5. The number of aromatic nitrogens is 1. The highest BCUT2D eigenvalue weighted by atomic mass is 35.5. The Bertz CT molecular complexity index is 657. The molecule has 0 aliphatic heterocycles. The Kier molecular flexibility index (Phi) is 7.68. The number of benzene rings is 1. The average molecular weight is 354 g/mol. The summed E-state index contributed by atoms with van der Waals surface area (Å²) in [7, 11) is 0. The molecule has 2 rings (SSSR count).